The predicted molar refractivity (Wildman–Crippen MR) is 57.6 cm³/mol. The van der Waals surface area contributed by atoms with Crippen LogP contribution in [0.3, 0.4) is 0 Å². The largest absolute Gasteiger partial charge is 0.370 e. The summed E-state index contributed by atoms with van der Waals surface area (Å²) in [5.74, 6) is -1.46. The Hall–Kier alpha value is -0.100. The molecule has 2 atom stereocenters. The molecule has 76 valence electrons. The molecule has 4 N–H and O–H groups in total. The van der Waals surface area contributed by atoms with Gasteiger partial charge in [-0.25, -0.2) is 0 Å². The van der Waals surface area contributed by atoms with Crippen molar-refractivity contribution < 1.29 is 9.59 Å². The predicted octanol–water partition coefficient (Wildman–Crippen LogP) is 0.512. The van der Waals surface area contributed by atoms with E-state index in [0.29, 0.717) is 11.8 Å². The molecular formula is C7H12Br2N2O2. The third-order valence-corrected chi connectivity index (χ3v) is 3.91. The van der Waals surface area contributed by atoms with Crippen molar-refractivity contribution in [3.8, 4) is 0 Å². The number of alkyl halides is 2. The highest BCUT2D eigenvalue weighted by Crippen LogP contribution is 2.17. The molecule has 0 bridgehead atoms. The van der Waals surface area contributed by atoms with Gasteiger partial charge in [0.2, 0.25) is 11.8 Å². The van der Waals surface area contributed by atoms with Crippen LogP contribution in [0.25, 0.3) is 0 Å². The minimum atomic E-state index is -0.502. The Balaban J connectivity index is 4.10. The van der Waals surface area contributed by atoms with Gasteiger partial charge in [-0.2, -0.15) is 0 Å². The molecule has 0 saturated heterocycles. The minimum absolute atomic E-state index is 0.0183. The smallest absolute Gasteiger partial charge is 0.221 e. The Morgan fingerprint density at radius 2 is 1.85 bits per heavy atom. The van der Waals surface area contributed by atoms with Gasteiger partial charge in [-0.05, 0) is 6.42 Å². The zero-order chi connectivity index (χ0) is 10.4. The molecule has 2 unspecified atom stereocenters. The molecule has 0 spiro atoms. The lowest BCUT2D eigenvalue weighted by Gasteiger charge is -2.13. The van der Waals surface area contributed by atoms with Crippen molar-refractivity contribution in [3.63, 3.8) is 0 Å². The zero-order valence-corrected chi connectivity index (χ0v) is 10.2. The van der Waals surface area contributed by atoms with Crippen molar-refractivity contribution in [1.82, 2.24) is 0 Å². The lowest BCUT2D eigenvalue weighted by atomic mass is 9.99. The van der Waals surface area contributed by atoms with Crippen molar-refractivity contribution in [2.24, 2.45) is 17.4 Å². The Bertz CT molecular complexity index is 199. The number of halogens is 2. The number of hydrogen-bond donors (Lipinski definition) is 2. The van der Waals surface area contributed by atoms with Gasteiger partial charge in [-0.3, -0.25) is 9.59 Å². The number of amides is 2. The van der Waals surface area contributed by atoms with Crippen molar-refractivity contribution >= 4 is 43.7 Å². The van der Waals surface area contributed by atoms with Crippen LogP contribution in [-0.2, 0) is 9.59 Å². The van der Waals surface area contributed by atoms with E-state index >= 15 is 0 Å². The maximum absolute atomic E-state index is 10.9. The van der Waals surface area contributed by atoms with Crippen LogP contribution in [0.1, 0.15) is 12.8 Å². The molecule has 0 aliphatic rings. The van der Waals surface area contributed by atoms with Gasteiger partial charge in [0.15, 0.2) is 0 Å². The number of carbonyl (C=O) groups is 2. The highest BCUT2D eigenvalue weighted by molar-refractivity contribution is 9.12. The van der Waals surface area contributed by atoms with Crippen molar-refractivity contribution in [2.75, 3.05) is 5.33 Å². The molecule has 0 rings (SSSR count). The molecule has 0 aliphatic carbocycles. The third kappa shape index (κ3) is 6.04. The molecule has 6 heteroatoms. The first-order chi connectivity index (χ1) is 5.97. The van der Waals surface area contributed by atoms with Crippen molar-refractivity contribution in [3.05, 3.63) is 0 Å². The zero-order valence-electron chi connectivity index (χ0n) is 7.00. The van der Waals surface area contributed by atoms with E-state index in [1.54, 1.807) is 0 Å². The lowest BCUT2D eigenvalue weighted by Crippen LogP contribution is -2.30. The summed E-state index contributed by atoms with van der Waals surface area (Å²) in [6, 6.07) is 0. The van der Waals surface area contributed by atoms with Gasteiger partial charge < -0.3 is 11.5 Å². The molecule has 0 heterocycles. The molecular weight excluding hydrogens is 304 g/mol. The first-order valence-electron chi connectivity index (χ1n) is 3.75. The summed E-state index contributed by atoms with van der Waals surface area (Å²) >= 11 is 6.57. The van der Waals surface area contributed by atoms with E-state index in [1.807, 2.05) is 0 Å². The second-order valence-corrected chi connectivity index (χ2v) is 4.70. The SMILES string of the molecule is NC(=O)CC(CC(Br)CBr)C(N)=O. The molecule has 2 amide bonds. The van der Waals surface area contributed by atoms with Gasteiger partial charge in [-0.1, -0.05) is 31.9 Å². The van der Waals surface area contributed by atoms with E-state index in [-0.39, 0.29) is 11.2 Å². The van der Waals surface area contributed by atoms with Crippen LogP contribution in [0.2, 0.25) is 0 Å². The number of carbonyl (C=O) groups excluding carboxylic acids is 2. The summed E-state index contributed by atoms with van der Waals surface area (Å²) in [5.41, 5.74) is 10.1. The second kappa shape index (κ2) is 6.37. The third-order valence-electron chi connectivity index (χ3n) is 1.56. The van der Waals surface area contributed by atoms with E-state index in [1.165, 1.54) is 0 Å². The summed E-state index contributed by atoms with van der Waals surface area (Å²) in [4.78, 5) is 21.6. The van der Waals surface area contributed by atoms with Gasteiger partial charge in [0.25, 0.3) is 0 Å². The van der Waals surface area contributed by atoms with Crippen LogP contribution in [-0.4, -0.2) is 22.0 Å². The summed E-state index contributed by atoms with van der Waals surface area (Å²) in [5, 5.41) is 0.704. The van der Waals surface area contributed by atoms with E-state index in [9.17, 15) is 9.59 Å². The molecule has 0 aromatic heterocycles. The quantitative estimate of drug-likeness (QED) is 0.700. The Labute approximate surface area is 93.7 Å². The van der Waals surface area contributed by atoms with Crippen molar-refractivity contribution in [1.29, 1.82) is 0 Å². The summed E-state index contributed by atoms with van der Waals surface area (Å²) in [7, 11) is 0. The van der Waals surface area contributed by atoms with Crippen LogP contribution >= 0.6 is 31.9 Å². The maximum atomic E-state index is 10.9. The maximum Gasteiger partial charge on any atom is 0.221 e. The normalized spacial score (nSPS) is 14.9. The molecule has 0 saturated carbocycles. The van der Waals surface area contributed by atoms with E-state index in [0.717, 1.165) is 0 Å². The fourth-order valence-corrected chi connectivity index (χ4v) is 1.63. The van der Waals surface area contributed by atoms with Gasteiger partial charge in [0.1, 0.15) is 0 Å². The van der Waals surface area contributed by atoms with Crippen LogP contribution in [0.5, 0.6) is 0 Å². The molecule has 0 aromatic rings. The van der Waals surface area contributed by atoms with Gasteiger partial charge in [0.05, 0.1) is 0 Å². The summed E-state index contributed by atoms with van der Waals surface area (Å²) in [6.45, 7) is 0. The summed E-state index contributed by atoms with van der Waals surface area (Å²) < 4.78 is 0. The average molecular weight is 316 g/mol. The Kier molecular flexibility index (Phi) is 6.32. The van der Waals surface area contributed by atoms with Crippen LogP contribution < -0.4 is 11.5 Å². The number of rotatable bonds is 6. The molecule has 0 radical (unpaired) electrons. The highest BCUT2D eigenvalue weighted by Gasteiger charge is 2.20. The minimum Gasteiger partial charge on any atom is -0.370 e. The second-order valence-electron chi connectivity index (χ2n) is 2.76. The molecule has 13 heavy (non-hydrogen) atoms. The van der Waals surface area contributed by atoms with Crippen LogP contribution in [0.4, 0.5) is 0 Å². The van der Waals surface area contributed by atoms with Crippen LogP contribution in [0, 0.1) is 5.92 Å². The van der Waals surface area contributed by atoms with Crippen LogP contribution in [0.15, 0.2) is 0 Å². The molecule has 4 nitrogen and oxygen atoms in total. The first-order valence-corrected chi connectivity index (χ1v) is 5.78. The van der Waals surface area contributed by atoms with E-state index in [4.69, 9.17) is 11.5 Å². The number of hydrogen-bond acceptors (Lipinski definition) is 2. The fourth-order valence-electron chi connectivity index (χ4n) is 0.915. The molecule has 0 aliphatic heterocycles. The van der Waals surface area contributed by atoms with Gasteiger partial charge in [-0.15, -0.1) is 0 Å². The van der Waals surface area contributed by atoms with E-state index < -0.39 is 17.7 Å². The summed E-state index contributed by atoms with van der Waals surface area (Å²) in [6.07, 6.45) is 0.536. The average Bonchev–Trinajstić information content (AvgIpc) is 2.02. The van der Waals surface area contributed by atoms with Crippen molar-refractivity contribution in [2.45, 2.75) is 17.7 Å². The van der Waals surface area contributed by atoms with E-state index in [2.05, 4.69) is 31.9 Å². The highest BCUT2D eigenvalue weighted by atomic mass is 79.9. The van der Waals surface area contributed by atoms with Gasteiger partial charge >= 0.3 is 0 Å². The van der Waals surface area contributed by atoms with Gasteiger partial charge in [0, 0.05) is 22.5 Å². The Morgan fingerprint density at radius 3 is 2.15 bits per heavy atom. The number of primary amides is 2. The lowest BCUT2D eigenvalue weighted by molar-refractivity contribution is -0.127. The monoisotopic (exact) mass is 314 g/mol. The molecule has 0 fully saturated rings. The molecule has 0 aromatic carbocycles. The topological polar surface area (TPSA) is 86.2 Å². The standard InChI is InChI=1S/C7H12Br2N2O2/c8-3-5(9)1-4(7(11)13)2-6(10)12/h4-5H,1-3H2,(H2,10,12)(H2,11,13). The Morgan fingerprint density at radius 1 is 1.31 bits per heavy atom. The number of nitrogens with two attached hydrogens (primary N) is 2. The first kappa shape index (κ1) is 12.9. The fraction of sp³-hybridized carbons (Fsp3) is 0.714.